The molecular weight excluding hydrogens is 1050 g/mol. The molecule has 1 aliphatic carbocycles. The van der Waals surface area contributed by atoms with Crippen molar-refractivity contribution in [3.63, 3.8) is 0 Å². The summed E-state index contributed by atoms with van der Waals surface area (Å²) in [6, 6.07) is 0. The van der Waals surface area contributed by atoms with Crippen LogP contribution in [0.4, 0.5) is 5.82 Å². The molecule has 34 heteroatoms. The Bertz CT molecular complexity index is 2200. The molecule has 3 aliphatic rings. The topological polar surface area (TPSA) is 407 Å². The number of nitrogens with one attached hydrogen (secondary N) is 1. The van der Waals surface area contributed by atoms with Crippen molar-refractivity contribution in [3.8, 4) is 0 Å². The van der Waals surface area contributed by atoms with E-state index in [0.717, 1.165) is 17.2 Å². The van der Waals surface area contributed by atoms with E-state index in [0.29, 0.717) is 12.2 Å². The number of anilines is 1. The average molecular weight is 1120 g/mol. The van der Waals surface area contributed by atoms with Gasteiger partial charge in [0.05, 0.1) is 54.6 Å². The van der Waals surface area contributed by atoms with Gasteiger partial charge in [-0.25, -0.2) is 28.6 Å². The monoisotopic (exact) mass is 1120 g/mol. The second-order valence-electron chi connectivity index (χ2n) is 15.7. The second-order valence-corrected chi connectivity index (χ2v) is 20.2. The molecule has 1 spiro atoms. The van der Waals surface area contributed by atoms with Gasteiger partial charge in [-0.1, -0.05) is 62.3 Å². The highest BCUT2D eigenvalue weighted by Gasteiger charge is 2.70. The summed E-state index contributed by atoms with van der Waals surface area (Å²) in [5, 5.41) is 46.9. The number of nitrogens with zero attached hydrogens (tertiary/aromatic N) is 10. The number of nitrogen functional groups attached to an aromatic ring is 1. The maximum absolute atomic E-state index is 12.4. The summed E-state index contributed by atoms with van der Waals surface area (Å²) < 4.78 is 65.2. The maximum atomic E-state index is 12.4. The molecule has 2 unspecified atom stereocenters. The Morgan fingerprint density at radius 2 is 1.12 bits per heavy atom. The predicted molar refractivity (Wildman–Crippen MR) is 271 cm³/mol. The van der Waals surface area contributed by atoms with Gasteiger partial charge in [-0.05, 0) is 79.7 Å². The van der Waals surface area contributed by atoms with E-state index in [1.165, 1.54) is 78.5 Å². The molecule has 0 saturated carbocycles. The zero-order valence-corrected chi connectivity index (χ0v) is 46.8. The Morgan fingerprint density at radius 3 is 1.47 bits per heavy atom. The number of hydrogen-bond donors (Lipinski definition) is 6. The number of imidazole rings is 1. The van der Waals surface area contributed by atoms with Gasteiger partial charge in [0, 0.05) is 0 Å². The molecule has 2 fully saturated rings. The maximum Gasteiger partial charge on any atom is 0.490 e. The van der Waals surface area contributed by atoms with Gasteiger partial charge in [0.25, 0.3) is 0 Å². The third-order valence-electron chi connectivity index (χ3n) is 11.7. The molecule has 7 N–H and O–H groups in total. The molecule has 74 heavy (non-hydrogen) atoms. The summed E-state index contributed by atoms with van der Waals surface area (Å²) in [5.41, 5.74) is 2.07. The predicted octanol–water partition coefficient (Wildman–Crippen LogP) is 2.89. The van der Waals surface area contributed by atoms with Crippen LogP contribution in [0.5, 0.6) is 0 Å². The first-order valence-electron chi connectivity index (χ1n) is 24.1. The number of aromatic nitrogens is 4. The van der Waals surface area contributed by atoms with Crippen molar-refractivity contribution in [1.29, 1.82) is 0 Å². The van der Waals surface area contributed by atoms with Crippen LogP contribution in [-0.4, -0.2) is 183 Å². The lowest BCUT2D eigenvalue weighted by atomic mass is 10.0. The Labute approximate surface area is 430 Å². The standard InChI is InChI=1S/C16H16N8O19P3.4C6H15N/c17-13-10-14(19-4-18-13)21(5-20-10)15-12-11(7(39-15)3-38-45(34,35)43-46(36,37)42-44(31,32)33)40-16(41-12)8(23(27)28)1-6(22(25)26)2-9(16)24(29)30;4*1-4-7(5-2)6-3/h1-2,4-5,7,11-12,15H,3H2,(H6-,17,18,19,25,26,31,32,33,34,35,36,37);4*4-6H2,1-3H3/q-1;;;;/p+1/t7-,11-,12-,15-;;;;/m1..../s1. The molecule has 4 heterocycles. The number of quaternary nitrogens is 1. The average Bonchev–Trinajstić information content (AvgIpc) is 4.03. The molecule has 5 rings (SSSR count). The van der Waals surface area contributed by atoms with Gasteiger partial charge in [-0.3, -0.25) is 29.3 Å². The second kappa shape index (κ2) is 31.9. The summed E-state index contributed by atoms with van der Waals surface area (Å²) in [6.07, 6.45) is -3.91. The SMILES string of the molecule is CCN(CC)CC.CCN(CC)CC.CCN(CC)CC.CC[NH+](CC)CC.Nc1ncnc2c1ncn2[C@@H]1O[C@H](COP(=O)(O)OP(=O)(O)OP(=O)(O)O)[C@H]2OC3(O[C@H]21)C([N+](=O)[O-])=CC(=[N+]([O-])[O-])C=C3[N+](=O)[O-]. The van der Waals surface area contributed by atoms with Crippen LogP contribution >= 0.6 is 23.5 Å². The number of nitro groups is 2. The molecule has 0 aromatic carbocycles. The first-order valence-corrected chi connectivity index (χ1v) is 28.6. The van der Waals surface area contributed by atoms with Gasteiger partial charge < -0.3 is 69.5 Å². The fourth-order valence-electron chi connectivity index (χ4n) is 7.37. The van der Waals surface area contributed by atoms with Crippen molar-refractivity contribution in [2.45, 2.75) is 113 Å². The minimum atomic E-state index is -5.94. The van der Waals surface area contributed by atoms with E-state index in [9.17, 15) is 54.1 Å². The summed E-state index contributed by atoms with van der Waals surface area (Å²) in [7, 11) is -17.4. The Hall–Kier alpha value is -3.97. The first kappa shape index (κ1) is 68.0. The van der Waals surface area contributed by atoms with Crippen LogP contribution in [0.15, 0.2) is 36.2 Å². The number of ether oxygens (including phenoxy) is 3. The Kier molecular flexibility index (Phi) is 29.4. The molecule has 0 amide bonds. The highest BCUT2D eigenvalue weighted by Crippen LogP contribution is 2.66. The van der Waals surface area contributed by atoms with Crippen molar-refractivity contribution in [3.05, 3.63) is 66.8 Å². The molecule has 0 radical (unpaired) electrons. The summed E-state index contributed by atoms with van der Waals surface area (Å²) in [5.74, 6) is -3.17. The Balaban J connectivity index is 0.000000793. The van der Waals surface area contributed by atoms with E-state index in [-0.39, 0.29) is 17.0 Å². The number of phosphoric ester groups is 1. The fourth-order valence-corrected chi connectivity index (χ4v) is 10.4. The molecule has 2 aromatic heterocycles. The molecule has 6 atom stereocenters. The van der Waals surface area contributed by atoms with Crippen LogP contribution in [0.3, 0.4) is 0 Å². The summed E-state index contributed by atoms with van der Waals surface area (Å²) in [4.78, 5) is 77.8. The number of rotatable bonds is 22. The van der Waals surface area contributed by atoms with E-state index in [1.807, 2.05) is 0 Å². The smallest absolute Gasteiger partial charge is 0.490 e. The van der Waals surface area contributed by atoms with Crippen molar-refractivity contribution in [2.24, 2.45) is 0 Å². The van der Waals surface area contributed by atoms with Crippen LogP contribution < -0.4 is 10.6 Å². The zero-order chi connectivity index (χ0) is 56.8. The van der Waals surface area contributed by atoms with Gasteiger partial charge in [-0.2, -0.15) is 13.5 Å². The minimum absolute atomic E-state index is 0.00707. The van der Waals surface area contributed by atoms with E-state index < -0.39 is 92.3 Å². The molecule has 31 nitrogen and oxygen atoms in total. The lowest BCUT2D eigenvalue weighted by molar-refractivity contribution is -0.894. The van der Waals surface area contributed by atoms with Crippen LogP contribution in [0.25, 0.3) is 11.2 Å². The summed E-state index contributed by atoms with van der Waals surface area (Å²) in [6.45, 7) is 39.7. The molecule has 0 bridgehead atoms. The van der Waals surface area contributed by atoms with Crippen LogP contribution in [0, 0.1) is 30.6 Å². The van der Waals surface area contributed by atoms with E-state index in [4.69, 9.17) is 29.7 Å². The highest BCUT2D eigenvalue weighted by atomic mass is 31.3. The van der Waals surface area contributed by atoms with Gasteiger partial charge >= 0.3 is 40.6 Å². The summed E-state index contributed by atoms with van der Waals surface area (Å²) >= 11 is 0. The van der Waals surface area contributed by atoms with Crippen molar-refractivity contribution in [1.82, 2.24) is 34.2 Å². The molecule has 2 aromatic rings. The molecule has 2 aliphatic heterocycles. The van der Waals surface area contributed by atoms with Gasteiger partial charge in [-0.15, -0.1) is 0 Å². The Morgan fingerprint density at radius 1 is 0.689 bits per heavy atom. The third-order valence-corrected chi connectivity index (χ3v) is 15.5. The number of nitrogens with two attached hydrogens (primary N) is 1. The quantitative estimate of drug-likeness (QED) is 0.0427. The van der Waals surface area contributed by atoms with Crippen molar-refractivity contribution < 1.29 is 80.3 Å². The highest BCUT2D eigenvalue weighted by molar-refractivity contribution is 7.66. The van der Waals surface area contributed by atoms with E-state index in [1.54, 1.807) is 4.90 Å². The lowest BCUT2D eigenvalue weighted by Gasteiger charge is -2.28. The molecular formula is C40H77N12O19P3. The number of hydrogen-bond acceptors (Lipinski definition) is 22. The first-order chi connectivity index (χ1) is 34.6. The van der Waals surface area contributed by atoms with Gasteiger partial charge in [0.1, 0.15) is 30.2 Å². The normalized spacial score (nSPS) is 21.8. The zero-order valence-electron chi connectivity index (χ0n) is 44.1. The van der Waals surface area contributed by atoms with Crippen LogP contribution in [-0.2, 0) is 41.1 Å². The largest absolute Gasteiger partial charge is 0.612 e. The van der Waals surface area contributed by atoms with Crippen LogP contribution in [0.1, 0.15) is 89.3 Å². The molecule has 426 valence electrons. The third kappa shape index (κ3) is 20.2. The fraction of sp³-hybridized carbons (Fsp3) is 0.750. The van der Waals surface area contributed by atoms with Crippen LogP contribution in [0.2, 0.25) is 0 Å². The number of allylic oxidation sites excluding steroid dienone is 2. The number of fused-ring (bicyclic) bond motifs is 2. The molecule has 2 saturated heterocycles. The lowest BCUT2D eigenvalue weighted by Crippen LogP contribution is -3.11. The van der Waals surface area contributed by atoms with E-state index in [2.05, 4.69) is 126 Å². The van der Waals surface area contributed by atoms with Crippen molar-refractivity contribution in [2.75, 3.05) is 90.9 Å². The van der Waals surface area contributed by atoms with Gasteiger partial charge in [0.2, 0.25) is 5.71 Å². The van der Waals surface area contributed by atoms with Crippen molar-refractivity contribution >= 4 is 46.2 Å². The van der Waals surface area contributed by atoms with Gasteiger partial charge in [0.15, 0.2) is 17.7 Å². The van der Waals surface area contributed by atoms with E-state index >= 15 is 0 Å². The number of phosphoric acid groups is 3. The minimum Gasteiger partial charge on any atom is -0.612 e.